The second-order valence-electron chi connectivity index (χ2n) is 5.68. The number of carbonyl (C=O) groups excluding carboxylic acids is 2. The molecule has 1 heterocycles. The van der Waals surface area contributed by atoms with E-state index in [1.165, 1.54) is 24.5 Å². The second-order valence-corrected chi connectivity index (χ2v) is 6.75. The zero-order chi connectivity index (χ0) is 19.2. The summed E-state index contributed by atoms with van der Waals surface area (Å²) in [5.74, 6) is -0.175. The molecule has 6 nitrogen and oxygen atoms in total. The van der Waals surface area contributed by atoms with Crippen LogP contribution in [-0.2, 0) is 14.3 Å². The van der Waals surface area contributed by atoms with Gasteiger partial charge in [-0.25, -0.2) is 9.78 Å². The third kappa shape index (κ3) is 4.92. The fraction of sp³-hybridized carbons (Fsp3) is 0.150. The molecule has 27 heavy (non-hydrogen) atoms. The number of amides is 1. The molecule has 0 radical (unpaired) electrons. The second kappa shape index (κ2) is 8.46. The van der Waals surface area contributed by atoms with Gasteiger partial charge in [-0.2, -0.15) is 0 Å². The third-order valence-electron chi connectivity index (χ3n) is 3.73. The van der Waals surface area contributed by atoms with Crippen molar-refractivity contribution < 1.29 is 19.1 Å². The number of nitrogens with zero attached hydrogens (tertiary/aromatic N) is 1. The molecular weight excluding hydrogens is 364 g/mol. The largest absolute Gasteiger partial charge is 0.482 e. The van der Waals surface area contributed by atoms with E-state index in [-0.39, 0.29) is 12.5 Å². The highest BCUT2D eigenvalue weighted by atomic mass is 32.1. The summed E-state index contributed by atoms with van der Waals surface area (Å²) >= 11 is 1.53. The lowest BCUT2D eigenvalue weighted by Gasteiger charge is -2.10. The molecule has 138 valence electrons. The molecule has 0 atom stereocenters. The molecule has 3 aromatic rings. The number of anilines is 1. The van der Waals surface area contributed by atoms with Crippen molar-refractivity contribution in [3.63, 3.8) is 0 Å². The fourth-order valence-electron chi connectivity index (χ4n) is 2.35. The van der Waals surface area contributed by atoms with Gasteiger partial charge in [0.1, 0.15) is 10.8 Å². The number of aromatic nitrogens is 1. The maximum Gasteiger partial charge on any atom is 0.343 e. The molecule has 0 bridgehead atoms. The van der Waals surface area contributed by atoms with Crippen LogP contribution < -0.4 is 10.1 Å². The molecule has 1 N–H and O–H groups in total. The van der Waals surface area contributed by atoms with Crippen molar-refractivity contribution in [2.75, 3.05) is 19.0 Å². The van der Waals surface area contributed by atoms with Gasteiger partial charge < -0.3 is 14.8 Å². The fourth-order valence-corrected chi connectivity index (χ4v) is 3.22. The third-order valence-corrected chi connectivity index (χ3v) is 4.73. The summed E-state index contributed by atoms with van der Waals surface area (Å²) in [5, 5.41) is 3.59. The SMILES string of the molecule is COC(=O)COc1ccc(NC(=O)C=Cc2nc3ccccc3s2)c(C)c1. The number of benzene rings is 2. The predicted octanol–water partition coefficient (Wildman–Crippen LogP) is 3.81. The number of fused-ring (bicyclic) bond motifs is 1. The Balaban J connectivity index is 1.62. The Kier molecular flexibility index (Phi) is 5.83. The van der Waals surface area contributed by atoms with Crippen molar-refractivity contribution in [2.24, 2.45) is 0 Å². The molecule has 0 saturated heterocycles. The van der Waals surface area contributed by atoms with Crippen LogP contribution in [0.25, 0.3) is 16.3 Å². The summed E-state index contributed by atoms with van der Waals surface area (Å²) in [4.78, 5) is 27.8. The number of methoxy groups -OCH3 is 1. The van der Waals surface area contributed by atoms with Crippen LogP contribution in [0.4, 0.5) is 5.69 Å². The van der Waals surface area contributed by atoms with Crippen molar-refractivity contribution in [3.05, 3.63) is 59.1 Å². The summed E-state index contributed by atoms with van der Waals surface area (Å²) in [6.45, 7) is 1.68. The highest BCUT2D eigenvalue weighted by Gasteiger charge is 2.06. The average Bonchev–Trinajstić information content (AvgIpc) is 3.09. The quantitative estimate of drug-likeness (QED) is 0.518. The molecule has 0 aliphatic carbocycles. The van der Waals surface area contributed by atoms with Gasteiger partial charge in [0.05, 0.1) is 17.3 Å². The number of nitrogens with one attached hydrogen (secondary N) is 1. The number of hydrogen-bond donors (Lipinski definition) is 1. The van der Waals surface area contributed by atoms with Crippen LogP contribution in [0, 0.1) is 6.92 Å². The van der Waals surface area contributed by atoms with Gasteiger partial charge in [-0.3, -0.25) is 4.79 Å². The lowest BCUT2D eigenvalue weighted by Crippen LogP contribution is -2.13. The maximum absolute atomic E-state index is 12.2. The molecule has 0 aliphatic rings. The lowest BCUT2D eigenvalue weighted by molar-refractivity contribution is -0.142. The first kappa shape index (κ1) is 18.6. The highest BCUT2D eigenvalue weighted by molar-refractivity contribution is 7.19. The first-order valence-corrected chi connectivity index (χ1v) is 9.01. The van der Waals surface area contributed by atoms with E-state index in [2.05, 4.69) is 15.0 Å². The zero-order valence-corrected chi connectivity index (χ0v) is 15.7. The summed E-state index contributed by atoms with van der Waals surface area (Å²) in [5.41, 5.74) is 2.40. The molecule has 0 spiro atoms. The van der Waals surface area contributed by atoms with Crippen LogP contribution in [0.1, 0.15) is 10.6 Å². The van der Waals surface area contributed by atoms with E-state index in [9.17, 15) is 9.59 Å². The van der Waals surface area contributed by atoms with Gasteiger partial charge in [0.15, 0.2) is 6.61 Å². The number of rotatable bonds is 6. The summed E-state index contributed by atoms with van der Waals surface area (Å²) in [6.07, 6.45) is 3.15. The standard InChI is InChI=1S/C20H18N2O4S/c1-13-11-14(26-12-20(24)25-2)7-8-15(13)21-18(23)9-10-19-22-16-5-3-4-6-17(16)27-19/h3-11H,12H2,1-2H3,(H,21,23). The maximum atomic E-state index is 12.2. The number of thiazole rings is 1. The molecule has 0 unspecified atom stereocenters. The normalized spacial score (nSPS) is 10.9. The van der Waals surface area contributed by atoms with E-state index >= 15 is 0 Å². The number of hydrogen-bond acceptors (Lipinski definition) is 6. The van der Waals surface area contributed by atoms with E-state index in [0.717, 1.165) is 20.8 Å². The number of esters is 1. The van der Waals surface area contributed by atoms with Crippen molar-refractivity contribution in [3.8, 4) is 5.75 Å². The Morgan fingerprint density at radius 1 is 1.22 bits per heavy atom. The van der Waals surface area contributed by atoms with Gasteiger partial charge >= 0.3 is 5.97 Å². The summed E-state index contributed by atoms with van der Waals surface area (Å²) in [6, 6.07) is 13.0. The monoisotopic (exact) mass is 382 g/mol. The van der Waals surface area contributed by atoms with Gasteiger partial charge in [0.25, 0.3) is 0 Å². The highest BCUT2D eigenvalue weighted by Crippen LogP contribution is 2.23. The minimum Gasteiger partial charge on any atom is -0.482 e. The molecule has 0 saturated carbocycles. The number of ether oxygens (including phenoxy) is 2. The molecule has 3 rings (SSSR count). The van der Waals surface area contributed by atoms with Gasteiger partial charge in [0.2, 0.25) is 5.91 Å². The van der Waals surface area contributed by atoms with Gasteiger partial charge in [-0.1, -0.05) is 12.1 Å². The van der Waals surface area contributed by atoms with Gasteiger partial charge in [-0.05, 0) is 48.9 Å². The minimum absolute atomic E-state index is 0.160. The molecule has 2 aromatic carbocycles. The van der Waals surface area contributed by atoms with E-state index < -0.39 is 5.97 Å². The molecule has 1 amide bonds. The Bertz CT molecular complexity index is 977. The van der Waals surface area contributed by atoms with E-state index in [1.54, 1.807) is 24.3 Å². The van der Waals surface area contributed by atoms with Gasteiger partial charge in [0, 0.05) is 11.8 Å². The minimum atomic E-state index is -0.454. The zero-order valence-electron chi connectivity index (χ0n) is 14.9. The van der Waals surface area contributed by atoms with Crippen molar-refractivity contribution >= 4 is 45.2 Å². The van der Waals surface area contributed by atoms with Crippen LogP contribution in [-0.4, -0.2) is 30.6 Å². The van der Waals surface area contributed by atoms with E-state index in [4.69, 9.17) is 4.74 Å². The first-order valence-electron chi connectivity index (χ1n) is 8.20. The molecular formula is C20H18N2O4S. The first-order chi connectivity index (χ1) is 13.0. The Labute approximate surface area is 160 Å². The summed E-state index contributed by atoms with van der Waals surface area (Å²) < 4.78 is 10.9. The molecule has 7 heteroatoms. The Morgan fingerprint density at radius 3 is 2.78 bits per heavy atom. The van der Waals surface area contributed by atoms with Crippen molar-refractivity contribution in [1.29, 1.82) is 0 Å². The number of carbonyl (C=O) groups is 2. The predicted molar refractivity (Wildman–Crippen MR) is 106 cm³/mol. The lowest BCUT2D eigenvalue weighted by atomic mass is 10.2. The van der Waals surface area contributed by atoms with Crippen molar-refractivity contribution in [1.82, 2.24) is 4.98 Å². The Morgan fingerprint density at radius 2 is 2.04 bits per heavy atom. The average molecular weight is 382 g/mol. The van der Waals surface area contributed by atoms with Crippen molar-refractivity contribution in [2.45, 2.75) is 6.92 Å². The smallest absolute Gasteiger partial charge is 0.343 e. The topological polar surface area (TPSA) is 77.5 Å². The number of aryl methyl sites for hydroxylation is 1. The number of para-hydroxylation sites is 1. The molecule has 0 aliphatic heterocycles. The Hall–Kier alpha value is -3.19. The summed E-state index contributed by atoms with van der Waals surface area (Å²) in [7, 11) is 1.30. The van der Waals surface area contributed by atoms with E-state index in [0.29, 0.717) is 11.4 Å². The van der Waals surface area contributed by atoms with Crippen LogP contribution in [0.15, 0.2) is 48.5 Å². The molecule has 0 fully saturated rings. The molecule has 1 aromatic heterocycles. The van der Waals surface area contributed by atoms with Crippen LogP contribution in [0.5, 0.6) is 5.75 Å². The van der Waals surface area contributed by atoms with Crippen LogP contribution in [0.2, 0.25) is 0 Å². The van der Waals surface area contributed by atoms with E-state index in [1.807, 2.05) is 31.2 Å². The van der Waals surface area contributed by atoms with Crippen LogP contribution >= 0.6 is 11.3 Å². The van der Waals surface area contributed by atoms with Crippen LogP contribution in [0.3, 0.4) is 0 Å². The van der Waals surface area contributed by atoms with Gasteiger partial charge in [-0.15, -0.1) is 11.3 Å².